The van der Waals surface area contributed by atoms with Crippen LogP contribution < -0.4 is 17.2 Å². The molecule has 0 spiro atoms. The maximum Gasteiger partial charge on any atom is 0.225 e. The van der Waals surface area contributed by atoms with Crippen molar-refractivity contribution in [3.63, 3.8) is 0 Å². The van der Waals surface area contributed by atoms with Gasteiger partial charge >= 0.3 is 0 Å². The summed E-state index contributed by atoms with van der Waals surface area (Å²) >= 11 is 6.00. The number of hydrogen-bond donors (Lipinski definition) is 3. The molecule has 0 aliphatic heterocycles. The number of hydrogen-bond acceptors (Lipinski definition) is 6. The molecule has 0 aliphatic carbocycles. The number of benzene rings is 1. The number of halogens is 1. The Hall–Kier alpha value is -2.08. The summed E-state index contributed by atoms with van der Waals surface area (Å²) in [6.07, 6.45) is 0. The molecule has 0 radical (unpaired) electrons. The van der Waals surface area contributed by atoms with Crippen LogP contribution in [-0.4, -0.2) is 15.0 Å². The van der Waals surface area contributed by atoms with Crippen molar-refractivity contribution in [1.29, 1.82) is 0 Å². The number of nitrogens with two attached hydrogens (primary N) is 3. The number of nitrogens with zero attached hydrogens (tertiary/aromatic N) is 3. The zero-order valence-electron chi connectivity index (χ0n) is 8.18. The fraction of sp³-hybridized carbons (Fsp3) is 0. The van der Waals surface area contributed by atoms with Crippen LogP contribution in [0.4, 0.5) is 17.6 Å². The summed E-state index contributed by atoms with van der Waals surface area (Å²) < 4.78 is 0. The van der Waals surface area contributed by atoms with Crippen molar-refractivity contribution >= 4 is 29.2 Å². The zero-order valence-corrected chi connectivity index (χ0v) is 8.94. The Morgan fingerprint density at radius 3 is 2.19 bits per heavy atom. The lowest BCUT2D eigenvalue weighted by atomic mass is 10.2. The van der Waals surface area contributed by atoms with Crippen LogP contribution in [0.1, 0.15) is 0 Å². The normalized spacial score (nSPS) is 10.3. The third-order valence-corrected chi connectivity index (χ3v) is 2.23. The second kappa shape index (κ2) is 3.82. The molecule has 2 rings (SSSR count). The van der Waals surface area contributed by atoms with Gasteiger partial charge in [0.2, 0.25) is 11.9 Å². The molecule has 2 aromatic rings. The molecule has 0 amide bonds. The number of nitrogen functional groups attached to an aromatic ring is 3. The van der Waals surface area contributed by atoms with Crippen molar-refractivity contribution < 1.29 is 0 Å². The van der Waals surface area contributed by atoms with Gasteiger partial charge in [0.25, 0.3) is 0 Å². The molecule has 16 heavy (non-hydrogen) atoms. The molecule has 6 N–H and O–H groups in total. The second-order valence-corrected chi connectivity index (χ2v) is 3.52. The van der Waals surface area contributed by atoms with Crippen molar-refractivity contribution in [2.45, 2.75) is 0 Å². The second-order valence-electron chi connectivity index (χ2n) is 3.11. The Labute approximate surface area is 96.5 Å². The van der Waals surface area contributed by atoms with E-state index in [2.05, 4.69) is 15.0 Å². The van der Waals surface area contributed by atoms with Crippen molar-refractivity contribution in [2.75, 3.05) is 17.2 Å². The van der Waals surface area contributed by atoms with E-state index in [9.17, 15) is 0 Å². The maximum atomic E-state index is 6.00. The first-order valence-corrected chi connectivity index (χ1v) is 4.76. The Bertz CT molecular complexity index is 521. The predicted molar refractivity (Wildman–Crippen MR) is 63.5 cm³/mol. The first kappa shape index (κ1) is 10.4. The fourth-order valence-electron chi connectivity index (χ4n) is 1.24. The van der Waals surface area contributed by atoms with Crippen LogP contribution in [0.15, 0.2) is 18.2 Å². The van der Waals surface area contributed by atoms with Gasteiger partial charge in [-0.05, 0) is 18.2 Å². The summed E-state index contributed by atoms with van der Waals surface area (Å²) in [5.74, 6) is 0.393. The largest absolute Gasteiger partial charge is 0.399 e. The van der Waals surface area contributed by atoms with Gasteiger partial charge in [0, 0.05) is 11.3 Å². The van der Waals surface area contributed by atoms with E-state index in [-0.39, 0.29) is 11.9 Å². The minimum atomic E-state index is 0.0426. The molecule has 0 atom stereocenters. The molecule has 0 bridgehead atoms. The first-order chi connectivity index (χ1) is 7.56. The highest BCUT2D eigenvalue weighted by Crippen LogP contribution is 2.27. The van der Waals surface area contributed by atoms with Crippen molar-refractivity contribution in [2.24, 2.45) is 0 Å². The highest BCUT2D eigenvalue weighted by molar-refractivity contribution is 6.33. The van der Waals surface area contributed by atoms with Crippen molar-refractivity contribution in [1.82, 2.24) is 15.0 Å². The van der Waals surface area contributed by atoms with E-state index < -0.39 is 0 Å². The Kier molecular flexibility index (Phi) is 2.49. The van der Waals surface area contributed by atoms with E-state index in [0.29, 0.717) is 22.1 Å². The Balaban J connectivity index is 2.62. The quantitative estimate of drug-likeness (QED) is 0.635. The number of rotatable bonds is 1. The molecule has 0 aliphatic rings. The predicted octanol–water partition coefficient (Wildman–Crippen LogP) is 0.939. The molecule has 0 saturated carbocycles. The van der Waals surface area contributed by atoms with Crippen LogP contribution in [0.2, 0.25) is 5.02 Å². The molecule has 82 valence electrons. The van der Waals surface area contributed by atoms with Crippen LogP contribution in [0.5, 0.6) is 0 Å². The van der Waals surface area contributed by atoms with Gasteiger partial charge in [0.15, 0.2) is 5.82 Å². The lowest BCUT2D eigenvalue weighted by Gasteiger charge is -2.05. The molecule has 0 saturated heterocycles. The molecule has 6 nitrogen and oxygen atoms in total. The lowest BCUT2D eigenvalue weighted by Crippen LogP contribution is -2.04. The van der Waals surface area contributed by atoms with Gasteiger partial charge in [-0.1, -0.05) is 11.6 Å². The SMILES string of the molecule is Nc1ccc(Cl)c(-c2nc(N)nc(N)n2)c1. The topological polar surface area (TPSA) is 117 Å². The van der Waals surface area contributed by atoms with Gasteiger partial charge in [0.05, 0.1) is 5.02 Å². The van der Waals surface area contributed by atoms with E-state index >= 15 is 0 Å². The average Bonchev–Trinajstić information content (AvgIpc) is 2.20. The van der Waals surface area contributed by atoms with Gasteiger partial charge in [-0.15, -0.1) is 0 Å². The smallest absolute Gasteiger partial charge is 0.225 e. The van der Waals surface area contributed by atoms with Crippen LogP contribution in [0, 0.1) is 0 Å². The van der Waals surface area contributed by atoms with Gasteiger partial charge in [-0.25, -0.2) is 0 Å². The third-order valence-electron chi connectivity index (χ3n) is 1.90. The van der Waals surface area contributed by atoms with Crippen molar-refractivity contribution in [3.8, 4) is 11.4 Å². The summed E-state index contributed by atoms with van der Waals surface area (Å²) in [7, 11) is 0. The molecule has 7 heteroatoms. The lowest BCUT2D eigenvalue weighted by molar-refractivity contribution is 1.09. The molecule has 0 fully saturated rings. The van der Waals surface area contributed by atoms with Crippen LogP contribution in [0.25, 0.3) is 11.4 Å². The molecule has 1 heterocycles. The van der Waals surface area contributed by atoms with Gasteiger partial charge in [-0.3, -0.25) is 0 Å². The number of aromatic nitrogens is 3. The van der Waals surface area contributed by atoms with Crippen LogP contribution in [0.3, 0.4) is 0 Å². The van der Waals surface area contributed by atoms with Gasteiger partial charge in [0.1, 0.15) is 0 Å². The summed E-state index contributed by atoms with van der Waals surface area (Å²) in [5, 5.41) is 0.471. The maximum absolute atomic E-state index is 6.00. The average molecular weight is 237 g/mol. The van der Waals surface area contributed by atoms with Gasteiger partial charge in [-0.2, -0.15) is 15.0 Å². The molecule has 0 unspecified atom stereocenters. The minimum absolute atomic E-state index is 0.0426. The Morgan fingerprint density at radius 1 is 0.938 bits per heavy atom. The van der Waals surface area contributed by atoms with E-state index in [4.69, 9.17) is 28.8 Å². The molecule has 1 aromatic heterocycles. The molecular weight excluding hydrogens is 228 g/mol. The van der Waals surface area contributed by atoms with Crippen LogP contribution in [-0.2, 0) is 0 Å². The van der Waals surface area contributed by atoms with E-state index in [1.54, 1.807) is 18.2 Å². The third kappa shape index (κ3) is 1.96. The minimum Gasteiger partial charge on any atom is -0.399 e. The molecular formula is C9H9ClN6. The highest BCUT2D eigenvalue weighted by Gasteiger charge is 2.09. The summed E-state index contributed by atoms with van der Waals surface area (Å²) in [4.78, 5) is 11.6. The van der Waals surface area contributed by atoms with Crippen molar-refractivity contribution in [3.05, 3.63) is 23.2 Å². The highest BCUT2D eigenvalue weighted by atomic mass is 35.5. The Morgan fingerprint density at radius 2 is 1.56 bits per heavy atom. The van der Waals surface area contributed by atoms with E-state index in [0.717, 1.165) is 0 Å². The fourth-order valence-corrected chi connectivity index (χ4v) is 1.45. The summed E-state index contributed by atoms with van der Waals surface area (Å²) in [6, 6.07) is 4.98. The van der Waals surface area contributed by atoms with Crippen LogP contribution >= 0.6 is 11.6 Å². The van der Waals surface area contributed by atoms with E-state index in [1.807, 2.05) is 0 Å². The number of anilines is 3. The zero-order chi connectivity index (χ0) is 11.7. The van der Waals surface area contributed by atoms with Gasteiger partial charge < -0.3 is 17.2 Å². The van der Waals surface area contributed by atoms with E-state index in [1.165, 1.54) is 0 Å². The molecule has 1 aromatic carbocycles. The monoisotopic (exact) mass is 236 g/mol. The standard InChI is InChI=1S/C9H9ClN6/c10-6-2-1-4(11)3-5(6)7-14-8(12)16-9(13)15-7/h1-3H,11H2,(H4,12,13,14,15,16). The summed E-state index contributed by atoms with van der Waals surface area (Å²) in [5.41, 5.74) is 17.7. The first-order valence-electron chi connectivity index (χ1n) is 4.38. The summed E-state index contributed by atoms with van der Waals surface area (Å²) in [6.45, 7) is 0.